The number of nitrogens with one attached hydrogen (secondary N) is 1. The van der Waals surface area contributed by atoms with E-state index < -0.39 is 0 Å². The first-order valence-electron chi connectivity index (χ1n) is 9.69. The van der Waals surface area contributed by atoms with Gasteiger partial charge in [0.1, 0.15) is 11.6 Å². The zero-order valence-corrected chi connectivity index (χ0v) is 17.8. The SMILES string of the molecule is Cc1nc(C(=O)N(C)C)nc(N2CC[C@@H](NC(C)c3c(C)noc3C)C2)c1C. The molecule has 1 saturated heterocycles. The molecule has 0 bridgehead atoms. The molecule has 2 atom stereocenters. The second kappa shape index (κ2) is 7.87. The number of carbonyl (C=O) groups excluding carboxylic acids is 1. The van der Waals surface area contributed by atoms with Gasteiger partial charge in [-0.1, -0.05) is 5.16 Å². The smallest absolute Gasteiger partial charge is 0.291 e. The number of aromatic nitrogens is 3. The Morgan fingerprint density at radius 2 is 1.93 bits per heavy atom. The summed E-state index contributed by atoms with van der Waals surface area (Å²) in [4.78, 5) is 25.1. The number of amides is 1. The van der Waals surface area contributed by atoms with E-state index >= 15 is 0 Å². The lowest BCUT2D eigenvalue weighted by Gasteiger charge is -2.23. The maximum absolute atomic E-state index is 12.3. The molecule has 1 amide bonds. The van der Waals surface area contributed by atoms with Crippen molar-refractivity contribution in [2.75, 3.05) is 32.1 Å². The number of aryl methyl sites for hydroxylation is 3. The number of rotatable bonds is 5. The van der Waals surface area contributed by atoms with Crippen LogP contribution in [0.3, 0.4) is 0 Å². The molecule has 1 unspecified atom stereocenters. The predicted octanol–water partition coefficient (Wildman–Crippen LogP) is 2.33. The first kappa shape index (κ1) is 20.3. The molecular weight excluding hydrogens is 356 g/mol. The van der Waals surface area contributed by atoms with E-state index in [1.165, 1.54) is 4.90 Å². The third kappa shape index (κ3) is 3.87. The first-order chi connectivity index (χ1) is 13.2. The molecule has 0 saturated carbocycles. The highest BCUT2D eigenvalue weighted by Gasteiger charge is 2.29. The van der Waals surface area contributed by atoms with Crippen molar-refractivity contribution in [2.45, 2.75) is 53.1 Å². The standard InChI is InChI=1S/C20H30N6O2/c1-11-12(2)22-18(20(27)25(6)7)23-19(11)26-9-8-16(10-26)21-13(3)17-14(4)24-28-15(17)5/h13,16,21H,8-10H2,1-7H3/t13?,16-/m1/s1. The molecule has 3 heterocycles. The van der Waals surface area contributed by atoms with Crippen LogP contribution in [-0.2, 0) is 0 Å². The summed E-state index contributed by atoms with van der Waals surface area (Å²) in [6.45, 7) is 11.7. The van der Waals surface area contributed by atoms with Crippen molar-refractivity contribution in [3.63, 3.8) is 0 Å². The largest absolute Gasteiger partial charge is 0.361 e. The Morgan fingerprint density at radius 1 is 1.21 bits per heavy atom. The van der Waals surface area contributed by atoms with Crippen molar-refractivity contribution < 1.29 is 9.32 Å². The van der Waals surface area contributed by atoms with Gasteiger partial charge < -0.3 is 19.6 Å². The Hall–Kier alpha value is -2.48. The summed E-state index contributed by atoms with van der Waals surface area (Å²) < 4.78 is 5.30. The van der Waals surface area contributed by atoms with E-state index in [1.54, 1.807) is 14.1 Å². The quantitative estimate of drug-likeness (QED) is 0.844. The molecule has 0 aliphatic carbocycles. The van der Waals surface area contributed by atoms with Crippen LogP contribution < -0.4 is 10.2 Å². The maximum atomic E-state index is 12.3. The summed E-state index contributed by atoms with van der Waals surface area (Å²) in [5.74, 6) is 1.79. The predicted molar refractivity (Wildman–Crippen MR) is 108 cm³/mol. The van der Waals surface area contributed by atoms with Crippen LogP contribution >= 0.6 is 0 Å². The van der Waals surface area contributed by atoms with Crippen molar-refractivity contribution in [1.29, 1.82) is 0 Å². The fraction of sp³-hybridized carbons (Fsp3) is 0.600. The van der Waals surface area contributed by atoms with E-state index in [2.05, 4.69) is 32.3 Å². The Morgan fingerprint density at radius 3 is 2.54 bits per heavy atom. The number of carbonyl (C=O) groups is 1. The highest BCUT2D eigenvalue weighted by atomic mass is 16.5. The van der Waals surface area contributed by atoms with E-state index in [4.69, 9.17) is 4.52 Å². The van der Waals surface area contributed by atoms with Crippen molar-refractivity contribution in [3.05, 3.63) is 34.1 Å². The molecule has 2 aromatic rings. The van der Waals surface area contributed by atoms with Gasteiger partial charge in [0, 0.05) is 56.1 Å². The minimum atomic E-state index is -0.176. The molecule has 8 nitrogen and oxygen atoms in total. The number of nitrogens with zero attached hydrogens (tertiary/aromatic N) is 5. The van der Waals surface area contributed by atoms with Gasteiger partial charge in [0.05, 0.1) is 5.69 Å². The van der Waals surface area contributed by atoms with Crippen molar-refractivity contribution in [3.8, 4) is 0 Å². The normalized spacial score (nSPS) is 17.8. The van der Waals surface area contributed by atoms with E-state index in [0.717, 1.165) is 53.6 Å². The van der Waals surface area contributed by atoms with Gasteiger partial charge in [-0.3, -0.25) is 4.79 Å². The zero-order chi connectivity index (χ0) is 20.6. The topological polar surface area (TPSA) is 87.4 Å². The lowest BCUT2D eigenvalue weighted by Crippen LogP contribution is -2.35. The number of hydrogen-bond acceptors (Lipinski definition) is 7. The summed E-state index contributed by atoms with van der Waals surface area (Å²) in [7, 11) is 3.43. The molecule has 1 N–H and O–H groups in total. The fourth-order valence-corrected chi connectivity index (χ4v) is 3.85. The van der Waals surface area contributed by atoms with Crippen LogP contribution in [0.4, 0.5) is 5.82 Å². The Balaban J connectivity index is 1.76. The van der Waals surface area contributed by atoms with E-state index in [9.17, 15) is 4.79 Å². The second-order valence-corrected chi connectivity index (χ2v) is 7.84. The van der Waals surface area contributed by atoms with Crippen LogP contribution in [0, 0.1) is 27.7 Å². The molecule has 8 heteroatoms. The van der Waals surface area contributed by atoms with Gasteiger partial charge in [-0.05, 0) is 41.0 Å². The van der Waals surface area contributed by atoms with Crippen LogP contribution in [-0.4, -0.2) is 59.2 Å². The molecule has 0 aromatic carbocycles. The van der Waals surface area contributed by atoms with Crippen LogP contribution in [0.1, 0.15) is 58.3 Å². The minimum absolute atomic E-state index is 0.162. The Labute approximate surface area is 166 Å². The van der Waals surface area contributed by atoms with Crippen molar-refractivity contribution in [2.24, 2.45) is 0 Å². The van der Waals surface area contributed by atoms with Crippen molar-refractivity contribution in [1.82, 2.24) is 25.3 Å². The third-order valence-electron chi connectivity index (χ3n) is 5.46. The molecule has 152 valence electrons. The van der Waals surface area contributed by atoms with Gasteiger partial charge in [0.15, 0.2) is 0 Å². The van der Waals surface area contributed by atoms with Gasteiger partial charge in [-0.25, -0.2) is 9.97 Å². The summed E-state index contributed by atoms with van der Waals surface area (Å²) in [5.41, 5.74) is 3.93. The van der Waals surface area contributed by atoms with E-state index in [0.29, 0.717) is 6.04 Å². The number of anilines is 1. The third-order valence-corrected chi connectivity index (χ3v) is 5.46. The average Bonchev–Trinajstić information content (AvgIpc) is 3.22. The van der Waals surface area contributed by atoms with Crippen LogP contribution in [0.15, 0.2) is 4.52 Å². The summed E-state index contributed by atoms with van der Waals surface area (Å²) in [5, 5.41) is 7.75. The van der Waals surface area contributed by atoms with Gasteiger partial charge in [0.25, 0.3) is 5.91 Å². The fourth-order valence-electron chi connectivity index (χ4n) is 3.85. The summed E-state index contributed by atoms with van der Waals surface area (Å²) >= 11 is 0. The van der Waals surface area contributed by atoms with Crippen LogP contribution in [0.2, 0.25) is 0 Å². The monoisotopic (exact) mass is 386 g/mol. The molecule has 2 aromatic heterocycles. The van der Waals surface area contributed by atoms with E-state index in [1.807, 2.05) is 27.7 Å². The highest BCUT2D eigenvalue weighted by molar-refractivity contribution is 5.90. The lowest BCUT2D eigenvalue weighted by atomic mass is 10.1. The zero-order valence-electron chi connectivity index (χ0n) is 17.8. The second-order valence-electron chi connectivity index (χ2n) is 7.84. The van der Waals surface area contributed by atoms with Gasteiger partial charge in [-0.15, -0.1) is 0 Å². The van der Waals surface area contributed by atoms with Crippen molar-refractivity contribution >= 4 is 11.7 Å². The minimum Gasteiger partial charge on any atom is -0.361 e. The Kier molecular flexibility index (Phi) is 5.69. The molecule has 1 aliphatic heterocycles. The van der Waals surface area contributed by atoms with Crippen LogP contribution in [0.5, 0.6) is 0 Å². The molecule has 1 fully saturated rings. The number of hydrogen-bond donors (Lipinski definition) is 1. The van der Waals surface area contributed by atoms with Gasteiger partial charge >= 0.3 is 0 Å². The molecule has 3 rings (SSSR count). The molecular formula is C20H30N6O2. The van der Waals surface area contributed by atoms with Gasteiger partial charge in [0.2, 0.25) is 5.82 Å². The Bertz CT molecular complexity index is 856. The molecule has 28 heavy (non-hydrogen) atoms. The highest BCUT2D eigenvalue weighted by Crippen LogP contribution is 2.27. The summed E-state index contributed by atoms with van der Waals surface area (Å²) in [6, 6.07) is 0.488. The molecule has 0 radical (unpaired) electrons. The molecule has 0 spiro atoms. The van der Waals surface area contributed by atoms with Crippen LogP contribution in [0.25, 0.3) is 0 Å². The average molecular weight is 387 g/mol. The summed E-state index contributed by atoms with van der Waals surface area (Å²) in [6.07, 6.45) is 1.01. The lowest BCUT2D eigenvalue weighted by molar-refractivity contribution is 0.0815. The first-order valence-corrected chi connectivity index (χ1v) is 9.69. The van der Waals surface area contributed by atoms with E-state index in [-0.39, 0.29) is 17.8 Å². The van der Waals surface area contributed by atoms with Gasteiger partial charge in [-0.2, -0.15) is 0 Å². The molecule has 1 aliphatic rings. The maximum Gasteiger partial charge on any atom is 0.291 e.